The van der Waals surface area contributed by atoms with Gasteiger partial charge in [-0.25, -0.2) is 4.79 Å². The highest BCUT2D eigenvalue weighted by molar-refractivity contribution is 5.75. The summed E-state index contributed by atoms with van der Waals surface area (Å²) in [4.78, 5) is 20.7. The van der Waals surface area contributed by atoms with Gasteiger partial charge >= 0.3 is 6.03 Å². The maximum atomic E-state index is 12.5. The first-order valence-corrected chi connectivity index (χ1v) is 8.32. The summed E-state index contributed by atoms with van der Waals surface area (Å²) in [6, 6.07) is 5.91. The molecule has 128 valence electrons. The van der Waals surface area contributed by atoms with Crippen molar-refractivity contribution in [1.82, 2.24) is 15.2 Å². The van der Waals surface area contributed by atoms with Crippen molar-refractivity contribution >= 4 is 11.7 Å². The predicted molar refractivity (Wildman–Crippen MR) is 93.2 cm³/mol. The highest BCUT2D eigenvalue weighted by Gasteiger charge is 2.23. The third-order valence-electron chi connectivity index (χ3n) is 4.48. The first kappa shape index (κ1) is 16.4. The first-order valence-electron chi connectivity index (χ1n) is 8.32. The molecule has 3 rings (SSSR count). The van der Waals surface area contributed by atoms with Crippen molar-refractivity contribution < 1.29 is 9.21 Å². The molecule has 2 amide bonds. The van der Waals surface area contributed by atoms with E-state index in [1.807, 2.05) is 43.9 Å². The Morgan fingerprint density at radius 2 is 1.88 bits per heavy atom. The van der Waals surface area contributed by atoms with Crippen molar-refractivity contribution in [3.05, 3.63) is 47.7 Å². The first-order chi connectivity index (χ1) is 11.5. The Balaban J connectivity index is 1.54. The summed E-state index contributed by atoms with van der Waals surface area (Å²) >= 11 is 0. The number of anilines is 1. The number of nitrogens with zero attached hydrogens (tertiary/aromatic N) is 3. The average molecular weight is 328 g/mol. The Labute approximate surface area is 142 Å². The number of urea groups is 1. The van der Waals surface area contributed by atoms with Gasteiger partial charge in [-0.3, -0.25) is 4.98 Å². The minimum atomic E-state index is -0.0619. The number of rotatable bonds is 3. The van der Waals surface area contributed by atoms with Crippen LogP contribution in [0, 0.1) is 13.8 Å². The van der Waals surface area contributed by atoms with Gasteiger partial charge in [0.15, 0.2) is 0 Å². The summed E-state index contributed by atoms with van der Waals surface area (Å²) < 4.78 is 5.55. The fraction of sp³-hybridized carbons (Fsp3) is 0.444. The molecule has 0 aliphatic carbocycles. The molecule has 2 aromatic rings. The minimum Gasteiger partial charge on any atom is -0.466 e. The molecule has 0 bridgehead atoms. The molecule has 1 saturated heterocycles. The van der Waals surface area contributed by atoms with Crippen LogP contribution in [0.25, 0.3) is 0 Å². The van der Waals surface area contributed by atoms with E-state index in [2.05, 4.69) is 15.2 Å². The Hall–Kier alpha value is -2.50. The summed E-state index contributed by atoms with van der Waals surface area (Å²) in [7, 11) is 0. The lowest BCUT2D eigenvalue weighted by atomic mass is 10.1. The molecule has 1 atom stereocenters. The van der Waals surface area contributed by atoms with E-state index in [-0.39, 0.29) is 12.1 Å². The van der Waals surface area contributed by atoms with Crippen LogP contribution in [0.1, 0.15) is 30.0 Å². The van der Waals surface area contributed by atoms with Crippen molar-refractivity contribution in [2.75, 3.05) is 31.1 Å². The maximum Gasteiger partial charge on any atom is 0.317 e. The monoisotopic (exact) mass is 328 g/mol. The molecule has 6 heteroatoms. The molecule has 0 spiro atoms. The zero-order chi connectivity index (χ0) is 17.1. The Bertz CT molecular complexity index is 690. The molecule has 1 N–H and O–H groups in total. The molecule has 1 fully saturated rings. The summed E-state index contributed by atoms with van der Waals surface area (Å²) in [5.74, 6) is 1.73. The van der Waals surface area contributed by atoms with Gasteiger partial charge in [0.05, 0.1) is 6.04 Å². The minimum absolute atomic E-state index is 0.0184. The number of aryl methyl sites for hydroxylation is 2. The third kappa shape index (κ3) is 3.53. The lowest BCUT2D eigenvalue weighted by molar-refractivity contribution is 0.191. The van der Waals surface area contributed by atoms with Crippen molar-refractivity contribution in [3.8, 4) is 0 Å². The second kappa shape index (κ2) is 6.95. The van der Waals surface area contributed by atoms with E-state index in [4.69, 9.17) is 4.42 Å². The van der Waals surface area contributed by atoms with Crippen LogP contribution in [0.2, 0.25) is 0 Å². The zero-order valence-electron chi connectivity index (χ0n) is 14.5. The van der Waals surface area contributed by atoms with Crippen LogP contribution in [-0.2, 0) is 0 Å². The molecule has 0 aromatic carbocycles. The second-order valence-electron chi connectivity index (χ2n) is 6.22. The number of pyridine rings is 1. The number of hydrogen-bond donors (Lipinski definition) is 1. The largest absolute Gasteiger partial charge is 0.466 e. The van der Waals surface area contributed by atoms with Crippen LogP contribution in [0.3, 0.4) is 0 Å². The van der Waals surface area contributed by atoms with Gasteiger partial charge in [-0.15, -0.1) is 0 Å². The lowest BCUT2D eigenvalue weighted by Crippen LogP contribution is -2.52. The quantitative estimate of drug-likeness (QED) is 0.941. The summed E-state index contributed by atoms with van der Waals surface area (Å²) in [5.41, 5.74) is 2.19. The Morgan fingerprint density at radius 1 is 1.21 bits per heavy atom. The zero-order valence-corrected chi connectivity index (χ0v) is 14.5. The van der Waals surface area contributed by atoms with E-state index >= 15 is 0 Å². The van der Waals surface area contributed by atoms with Crippen LogP contribution in [-0.4, -0.2) is 42.1 Å². The lowest BCUT2D eigenvalue weighted by Gasteiger charge is -2.36. The van der Waals surface area contributed by atoms with Gasteiger partial charge in [-0.2, -0.15) is 0 Å². The molecule has 0 radical (unpaired) electrons. The Kier molecular flexibility index (Phi) is 4.74. The average Bonchev–Trinajstić information content (AvgIpc) is 2.94. The van der Waals surface area contributed by atoms with Gasteiger partial charge < -0.3 is 19.5 Å². The molecule has 1 aliphatic heterocycles. The van der Waals surface area contributed by atoms with Crippen LogP contribution in [0.4, 0.5) is 10.5 Å². The molecule has 0 unspecified atom stereocenters. The van der Waals surface area contributed by atoms with E-state index in [0.717, 1.165) is 35.9 Å². The molecule has 2 aromatic heterocycles. The van der Waals surface area contributed by atoms with Crippen LogP contribution < -0.4 is 10.2 Å². The number of nitrogens with one attached hydrogen (secondary N) is 1. The second-order valence-corrected chi connectivity index (χ2v) is 6.22. The van der Waals surface area contributed by atoms with Gasteiger partial charge in [0.2, 0.25) is 0 Å². The van der Waals surface area contributed by atoms with E-state index in [1.54, 1.807) is 12.4 Å². The van der Waals surface area contributed by atoms with Crippen molar-refractivity contribution in [2.24, 2.45) is 0 Å². The SMILES string of the molecule is Cc1cc([C@H](C)NC(=O)N2CCN(c3ccncc3)CC2)c(C)o1. The van der Waals surface area contributed by atoms with E-state index in [9.17, 15) is 4.79 Å². The number of furan rings is 1. The number of hydrogen-bond acceptors (Lipinski definition) is 4. The highest BCUT2D eigenvalue weighted by Crippen LogP contribution is 2.21. The van der Waals surface area contributed by atoms with Crippen molar-refractivity contribution in [1.29, 1.82) is 0 Å². The van der Waals surface area contributed by atoms with Gasteiger partial charge in [0, 0.05) is 49.8 Å². The fourth-order valence-corrected chi connectivity index (χ4v) is 3.16. The van der Waals surface area contributed by atoms with Crippen molar-refractivity contribution in [2.45, 2.75) is 26.8 Å². The number of aromatic nitrogens is 1. The van der Waals surface area contributed by atoms with Crippen molar-refractivity contribution in [3.63, 3.8) is 0 Å². The number of carbonyl (C=O) groups is 1. The van der Waals surface area contributed by atoms with Gasteiger partial charge in [0.1, 0.15) is 11.5 Å². The number of piperazine rings is 1. The number of carbonyl (C=O) groups excluding carboxylic acids is 1. The van der Waals surface area contributed by atoms with Gasteiger partial charge in [-0.1, -0.05) is 0 Å². The summed E-state index contributed by atoms with van der Waals surface area (Å²) in [6.45, 7) is 8.92. The molecule has 6 nitrogen and oxygen atoms in total. The standard InChI is InChI=1S/C18H24N4O2/c1-13-12-17(15(3)24-13)14(2)20-18(23)22-10-8-21(9-11-22)16-4-6-19-7-5-16/h4-7,12,14H,8-11H2,1-3H3,(H,20,23)/t14-/m0/s1. The summed E-state index contributed by atoms with van der Waals surface area (Å²) in [5, 5.41) is 3.07. The van der Waals surface area contributed by atoms with Crippen LogP contribution in [0.15, 0.2) is 35.0 Å². The highest BCUT2D eigenvalue weighted by atomic mass is 16.3. The topological polar surface area (TPSA) is 61.6 Å². The number of amides is 2. The van der Waals surface area contributed by atoms with E-state index in [0.29, 0.717) is 13.1 Å². The molecule has 3 heterocycles. The maximum absolute atomic E-state index is 12.5. The fourth-order valence-electron chi connectivity index (χ4n) is 3.16. The molecular weight excluding hydrogens is 304 g/mol. The third-order valence-corrected chi connectivity index (χ3v) is 4.48. The van der Waals surface area contributed by atoms with Gasteiger partial charge in [0.25, 0.3) is 0 Å². The van der Waals surface area contributed by atoms with Gasteiger partial charge in [-0.05, 0) is 39.0 Å². The van der Waals surface area contributed by atoms with Crippen LogP contribution >= 0.6 is 0 Å². The van der Waals surface area contributed by atoms with E-state index in [1.165, 1.54) is 0 Å². The van der Waals surface area contributed by atoms with E-state index < -0.39 is 0 Å². The molecule has 1 aliphatic rings. The molecular formula is C18H24N4O2. The normalized spacial score (nSPS) is 16.1. The predicted octanol–water partition coefficient (Wildman–Crippen LogP) is 2.88. The Morgan fingerprint density at radius 3 is 2.46 bits per heavy atom. The van der Waals surface area contributed by atoms with Crippen LogP contribution in [0.5, 0.6) is 0 Å². The smallest absolute Gasteiger partial charge is 0.317 e. The molecule has 0 saturated carbocycles. The molecule has 24 heavy (non-hydrogen) atoms. The summed E-state index contributed by atoms with van der Waals surface area (Å²) in [6.07, 6.45) is 3.59.